The highest BCUT2D eigenvalue weighted by Gasteiger charge is 2.17. The molecule has 2 aromatic heterocycles. The summed E-state index contributed by atoms with van der Waals surface area (Å²) in [6, 6.07) is 0. The van der Waals surface area contributed by atoms with Crippen molar-refractivity contribution in [1.29, 1.82) is 0 Å². The zero-order valence-corrected chi connectivity index (χ0v) is 10.2. The van der Waals surface area contributed by atoms with E-state index in [-0.39, 0.29) is 6.10 Å². The average Bonchev–Trinajstić information content (AvgIpc) is 2.87. The van der Waals surface area contributed by atoms with Crippen LogP contribution in [-0.2, 0) is 4.74 Å². The minimum Gasteiger partial charge on any atom is -0.374 e. The SMILES string of the molecule is CN(CC1CNCCO1)c1cncc2nnnn12. The molecule has 8 nitrogen and oxygen atoms in total. The van der Waals surface area contributed by atoms with Crippen molar-refractivity contribution in [2.45, 2.75) is 6.10 Å². The molecule has 1 aliphatic heterocycles. The molecule has 0 aromatic carbocycles. The summed E-state index contributed by atoms with van der Waals surface area (Å²) in [5, 5.41) is 14.8. The van der Waals surface area contributed by atoms with Gasteiger partial charge in [0.05, 0.1) is 25.1 Å². The second-order valence-corrected chi connectivity index (χ2v) is 4.29. The van der Waals surface area contributed by atoms with Crippen LogP contribution in [0.2, 0.25) is 0 Å². The Kier molecular flexibility index (Phi) is 3.03. The molecule has 0 bridgehead atoms. The van der Waals surface area contributed by atoms with E-state index in [1.807, 2.05) is 11.9 Å². The summed E-state index contributed by atoms with van der Waals surface area (Å²) in [6.07, 6.45) is 3.56. The van der Waals surface area contributed by atoms with Crippen molar-refractivity contribution in [1.82, 2.24) is 30.3 Å². The number of anilines is 1. The Hall–Kier alpha value is -1.80. The molecule has 3 rings (SSSR count). The maximum absolute atomic E-state index is 5.68. The predicted molar refractivity (Wildman–Crippen MR) is 64.5 cm³/mol. The van der Waals surface area contributed by atoms with E-state index in [2.05, 4.69) is 25.8 Å². The Morgan fingerprint density at radius 1 is 1.56 bits per heavy atom. The summed E-state index contributed by atoms with van der Waals surface area (Å²) in [4.78, 5) is 6.19. The molecule has 1 fully saturated rings. The van der Waals surface area contributed by atoms with Gasteiger partial charge in [-0.15, -0.1) is 5.10 Å². The van der Waals surface area contributed by atoms with Gasteiger partial charge in [0.2, 0.25) is 0 Å². The van der Waals surface area contributed by atoms with Crippen LogP contribution in [0.1, 0.15) is 0 Å². The highest BCUT2D eigenvalue weighted by Crippen LogP contribution is 2.12. The first-order chi connectivity index (χ1) is 8.84. The van der Waals surface area contributed by atoms with Crippen LogP contribution in [-0.4, -0.2) is 64.4 Å². The van der Waals surface area contributed by atoms with E-state index in [4.69, 9.17) is 4.74 Å². The highest BCUT2D eigenvalue weighted by molar-refractivity contribution is 5.45. The van der Waals surface area contributed by atoms with Gasteiger partial charge in [0.1, 0.15) is 0 Å². The van der Waals surface area contributed by atoms with E-state index in [9.17, 15) is 0 Å². The molecule has 1 aliphatic rings. The average molecular weight is 249 g/mol. The van der Waals surface area contributed by atoms with Gasteiger partial charge in [-0.2, -0.15) is 4.52 Å². The van der Waals surface area contributed by atoms with Crippen LogP contribution in [0.3, 0.4) is 0 Å². The summed E-state index contributed by atoms with van der Waals surface area (Å²) in [6.45, 7) is 3.31. The summed E-state index contributed by atoms with van der Waals surface area (Å²) >= 11 is 0. The summed E-state index contributed by atoms with van der Waals surface area (Å²) < 4.78 is 7.35. The van der Waals surface area contributed by atoms with Crippen molar-refractivity contribution in [3.05, 3.63) is 12.4 Å². The molecule has 1 N–H and O–H groups in total. The molecule has 0 saturated carbocycles. The molecule has 0 amide bonds. The van der Waals surface area contributed by atoms with Crippen molar-refractivity contribution < 1.29 is 4.74 Å². The molecular weight excluding hydrogens is 234 g/mol. The number of morpholine rings is 1. The lowest BCUT2D eigenvalue weighted by atomic mass is 10.3. The number of rotatable bonds is 3. The Bertz CT molecular complexity index is 522. The van der Waals surface area contributed by atoms with Gasteiger partial charge in [-0.3, -0.25) is 4.98 Å². The smallest absolute Gasteiger partial charge is 0.199 e. The fourth-order valence-electron chi connectivity index (χ4n) is 2.06. The lowest BCUT2D eigenvalue weighted by molar-refractivity contribution is 0.0339. The van der Waals surface area contributed by atoms with Crippen molar-refractivity contribution >= 4 is 11.5 Å². The maximum Gasteiger partial charge on any atom is 0.199 e. The third kappa shape index (κ3) is 2.12. The Morgan fingerprint density at radius 2 is 2.50 bits per heavy atom. The number of hydrogen-bond donors (Lipinski definition) is 1. The molecule has 3 heterocycles. The van der Waals surface area contributed by atoms with Crippen molar-refractivity contribution in [3.8, 4) is 0 Å². The lowest BCUT2D eigenvalue weighted by Crippen LogP contribution is -2.44. The maximum atomic E-state index is 5.68. The zero-order valence-electron chi connectivity index (χ0n) is 10.2. The lowest BCUT2D eigenvalue weighted by Gasteiger charge is -2.28. The fourth-order valence-corrected chi connectivity index (χ4v) is 2.06. The zero-order chi connectivity index (χ0) is 12.4. The highest BCUT2D eigenvalue weighted by atomic mass is 16.5. The summed E-state index contributed by atoms with van der Waals surface area (Å²) in [5.41, 5.74) is 0.641. The molecule has 1 saturated heterocycles. The standard InChI is InChI=1S/C10H15N7O/c1-16(7-8-4-11-2-3-18-8)10-6-12-5-9-13-14-15-17(9)10/h5-6,8,11H,2-4,7H2,1H3. The van der Waals surface area contributed by atoms with E-state index in [1.165, 1.54) is 0 Å². The van der Waals surface area contributed by atoms with Gasteiger partial charge in [0, 0.05) is 26.7 Å². The summed E-state index contributed by atoms with van der Waals surface area (Å²) in [5.74, 6) is 0.853. The predicted octanol–water partition coefficient (Wildman–Crippen LogP) is -1.06. The van der Waals surface area contributed by atoms with E-state index in [0.29, 0.717) is 5.65 Å². The Morgan fingerprint density at radius 3 is 3.33 bits per heavy atom. The summed E-state index contributed by atoms with van der Waals surface area (Å²) in [7, 11) is 1.98. The second kappa shape index (κ2) is 4.83. The molecular formula is C10H15N7O. The van der Waals surface area contributed by atoms with Gasteiger partial charge in [0.15, 0.2) is 11.5 Å². The third-order valence-electron chi connectivity index (χ3n) is 2.96. The largest absolute Gasteiger partial charge is 0.374 e. The molecule has 8 heteroatoms. The minimum atomic E-state index is 0.176. The first kappa shape index (κ1) is 11.3. The minimum absolute atomic E-state index is 0.176. The quantitative estimate of drug-likeness (QED) is 0.743. The molecule has 2 aromatic rings. The number of likely N-dealkylation sites (N-methyl/N-ethyl adjacent to an activating group) is 1. The van der Waals surface area contributed by atoms with Crippen LogP contribution < -0.4 is 10.2 Å². The topological polar surface area (TPSA) is 80.5 Å². The van der Waals surface area contributed by atoms with Crippen LogP contribution >= 0.6 is 0 Å². The first-order valence-corrected chi connectivity index (χ1v) is 5.90. The van der Waals surface area contributed by atoms with E-state index in [1.54, 1.807) is 16.9 Å². The molecule has 1 atom stereocenters. The fraction of sp³-hybridized carbons (Fsp3) is 0.600. The number of aromatic nitrogens is 5. The van der Waals surface area contributed by atoms with Crippen LogP contribution in [0.4, 0.5) is 5.82 Å². The van der Waals surface area contributed by atoms with Crippen molar-refractivity contribution in [2.24, 2.45) is 0 Å². The molecule has 18 heavy (non-hydrogen) atoms. The number of ether oxygens (including phenoxy) is 1. The van der Waals surface area contributed by atoms with Crippen molar-refractivity contribution in [3.63, 3.8) is 0 Å². The van der Waals surface area contributed by atoms with Crippen LogP contribution in [0.5, 0.6) is 0 Å². The van der Waals surface area contributed by atoms with Crippen LogP contribution in [0, 0.1) is 0 Å². The van der Waals surface area contributed by atoms with Gasteiger partial charge in [-0.25, -0.2) is 0 Å². The van der Waals surface area contributed by atoms with Gasteiger partial charge in [0.25, 0.3) is 0 Å². The molecule has 0 radical (unpaired) electrons. The van der Waals surface area contributed by atoms with E-state index in [0.717, 1.165) is 32.1 Å². The molecule has 96 valence electrons. The van der Waals surface area contributed by atoms with Gasteiger partial charge < -0.3 is 15.0 Å². The van der Waals surface area contributed by atoms with Crippen LogP contribution in [0.25, 0.3) is 5.65 Å². The number of hydrogen-bond acceptors (Lipinski definition) is 7. The van der Waals surface area contributed by atoms with Crippen molar-refractivity contribution in [2.75, 3.05) is 38.2 Å². The van der Waals surface area contributed by atoms with Crippen LogP contribution in [0.15, 0.2) is 12.4 Å². The van der Waals surface area contributed by atoms with Gasteiger partial charge in [-0.1, -0.05) is 0 Å². The number of nitrogens with zero attached hydrogens (tertiary/aromatic N) is 6. The first-order valence-electron chi connectivity index (χ1n) is 5.90. The van der Waals surface area contributed by atoms with E-state index >= 15 is 0 Å². The normalized spacial score (nSPS) is 20.2. The monoisotopic (exact) mass is 249 g/mol. The molecule has 0 aliphatic carbocycles. The number of tetrazole rings is 1. The Balaban J connectivity index is 1.78. The molecule has 0 spiro atoms. The van der Waals surface area contributed by atoms with Gasteiger partial charge >= 0.3 is 0 Å². The van der Waals surface area contributed by atoms with Gasteiger partial charge in [-0.05, 0) is 10.4 Å². The second-order valence-electron chi connectivity index (χ2n) is 4.29. The van der Waals surface area contributed by atoms with E-state index < -0.39 is 0 Å². The third-order valence-corrected chi connectivity index (χ3v) is 2.96. The number of nitrogens with one attached hydrogen (secondary N) is 1. The number of fused-ring (bicyclic) bond motifs is 1. The Labute approximate surface area is 104 Å². The molecule has 1 unspecified atom stereocenters.